The van der Waals surface area contributed by atoms with E-state index in [1.807, 2.05) is 30.5 Å². The van der Waals surface area contributed by atoms with Crippen molar-refractivity contribution in [1.82, 2.24) is 4.98 Å². The zero-order valence-corrected chi connectivity index (χ0v) is 10.4. The maximum Gasteiger partial charge on any atom is 0.154 e. The Morgan fingerprint density at radius 3 is 2.94 bits per heavy atom. The predicted octanol–water partition coefficient (Wildman–Crippen LogP) is 2.89. The molecule has 1 heterocycles. The summed E-state index contributed by atoms with van der Waals surface area (Å²) in [4.78, 5) is 5.24. The molecule has 0 radical (unpaired) electrons. The Hall–Kier alpha value is -1.33. The van der Waals surface area contributed by atoms with Crippen LogP contribution in [0.25, 0.3) is 0 Å². The van der Waals surface area contributed by atoms with Crippen LogP contribution in [0.2, 0.25) is 0 Å². The third-order valence-electron chi connectivity index (χ3n) is 2.10. The highest BCUT2D eigenvalue weighted by atomic mass is 32.2. The average molecular weight is 249 g/mol. The van der Waals surface area contributed by atoms with E-state index in [1.165, 1.54) is 0 Å². The van der Waals surface area contributed by atoms with E-state index in [2.05, 4.69) is 4.98 Å². The Kier molecular flexibility index (Phi) is 3.26. The van der Waals surface area contributed by atoms with Gasteiger partial charge < -0.3 is 5.73 Å². The molecule has 0 aliphatic carbocycles. The van der Waals surface area contributed by atoms with E-state index in [9.17, 15) is 0 Å². The van der Waals surface area contributed by atoms with Crippen molar-refractivity contribution in [2.24, 2.45) is 5.73 Å². The molecule has 2 aromatic rings. The summed E-state index contributed by atoms with van der Waals surface area (Å²) in [6.07, 6.45) is 1.78. The normalized spacial score (nSPS) is 10.3. The van der Waals surface area contributed by atoms with E-state index >= 15 is 0 Å². The van der Waals surface area contributed by atoms with Gasteiger partial charge in [0.25, 0.3) is 0 Å². The lowest BCUT2D eigenvalue weighted by Gasteiger charge is -2.09. The fourth-order valence-electron chi connectivity index (χ4n) is 1.35. The third-order valence-corrected chi connectivity index (χ3v) is 4.23. The lowest BCUT2D eigenvalue weighted by molar-refractivity contribution is 1.22. The fraction of sp³-hybridized carbons (Fsp3) is 0.0909. The Morgan fingerprint density at radius 2 is 2.31 bits per heavy atom. The molecule has 0 aliphatic rings. The minimum Gasteiger partial charge on any atom is -0.384 e. The minimum absolute atomic E-state index is 0.0998. The first kappa shape index (κ1) is 11.2. The summed E-state index contributed by atoms with van der Waals surface area (Å²) in [5, 5.41) is 9.49. The van der Waals surface area contributed by atoms with E-state index in [1.54, 1.807) is 29.3 Å². The summed E-state index contributed by atoms with van der Waals surface area (Å²) in [7, 11) is 0. The van der Waals surface area contributed by atoms with Gasteiger partial charge in [0.05, 0.1) is 0 Å². The van der Waals surface area contributed by atoms with E-state index in [-0.39, 0.29) is 5.84 Å². The van der Waals surface area contributed by atoms with Gasteiger partial charge in [0, 0.05) is 22.0 Å². The Morgan fingerprint density at radius 1 is 1.50 bits per heavy atom. The van der Waals surface area contributed by atoms with Crippen LogP contribution in [0.1, 0.15) is 11.1 Å². The van der Waals surface area contributed by atoms with Gasteiger partial charge in [-0.15, -0.1) is 11.3 Å². The molecule has 1 aromatic heterocycles. The third kappa shape index (κ3) is 2.25. The smallest absolute Gasteiger partial charge is 0.154 e. The molecule has 0 atom stereocenters. The van der Waals surface area contributed by atoms with Crippen LogP contribution in [0.5, 0.6) is 0 Å². The lowest BCUT2D eigenvalue weighted by Crippen LogP contribution is -2.12. The zero-order valence-electron chi connectivity index (χ0n) is 8.73. The summed E-state index contributed by atoms with van der Waals surface area (Å²) in [6.45, 7) is 2.02. The molecule has 3 N–H and O–H groups in total. The Bertz CT molecular complexity index is 506. The first-order chi connectivity index (χ1) is 7.68. The van der Waals surface area contributed by atoms with Crippen LogP contribution in [0.4, 0.5) is 0 Å². The van der Waals surface area contributed by atoms with Gasteiger partial charge in [0.2, 0.25) is 0 Å². The predicted molar refractivity (Wildman–Crippen MR) is 68.4 cm³/mol. The standard InChI is InChI=1S/C11H11N3S2/c1-7-3-2-4-8(10(12)13)9(7)16-11-14-5-6-15-11/h2-6H,1H3,(H3,12,13). The number of rotatable bonds is 3. The van der Waals surface area contributed by atoms with Crippen LogP contribution in [0.3, 0.4) is 0 Å². The van der Waals surface area contributed by atoms with Crippen molar-refractivity contribution in [3.05, 3.63) is 40.9 Å². The van der Waals surface area contributed by atoms with Gasteiger partial charge in [-0.3, -0.25) is 5.41 Å². The highest BCUT2D eigenvalue weighted by Gasteiger charge is 2.10. The Labute approximate surface area is 102 Å². The molecule has 0 bridgehead atoms. The number of thiazole rings is 1. The number of hydrogen-bond acceptors (Lipinski definition) is 4. The molecule has 0 fully saturated rings. The number of nitrogens with one attached hydrogen (secondary N) is 1. The molecule has 2 rings (SSSR count). The zero-order chi connectivity index (χ0) is 11.5. The second kappa shape index (κ2) is 4.67. The van der Waals surface area contributed by atoms with E-state index in [4.69, 9.17) is 11.1 Å². The quantitative estimate of drug-likeness (QED) is 0.649. The summed E-state index contributed by atoms with van der Waals surface area (Å²) in [5.74, 6) is 0.0998. The van der Waals surface area contributed by atoms with Gasteiger partial charge in [0.1, 0.15) is 5.84 Å². The number of nitrogens with two attached hydrogens (primary N) is 1. The highest BCUT2D eigenvalue weighted by molar-refractivity contribution is 8.01. The molecule has 5 heteroatoms. The monoisotopic (exact) mass is 249 g/mol. The van der Waals surface area contributed by atoms with Crippen molar-refractivity contribution in [3.63, 3.8) is 0 Å². The molecule has 0 saturated carbocycles. The molecule has 1 aromatic carbocycles. The van der Waals surface area contributed by atoms with Crippen LogP contribution in [0, 0.1) is 12.3 Å². The van der Waals surface area contributed by atoms with Crippen molar-refractivity contribution < 1.29 is 0 Å². The van der Waals surface area contributed by atoms with Crippen molar-refractivity contribution in [1.29, 1.82) is 5.41 Å². The second-order valence-corrected chi connectivity index (χ2v) is 5.42. The van der Waals surface area contributed by atoms with E-state index < -0.39 is 0 Å². The molecule has 0 aliphatic heterocycles. The summed E-state index contributed by atoms with van der Waals surface area (Å²) in [5.41, 5.74) is 7.46. The van der Waals surface area contributed by atoms with Gasteiger partial charge >= 0.3 is 0 Å². The summed E-state index contributed by atoms with van der Waals surface area (Å²) < 4.78 is 0.969. The molecule has 0 unspecified atom stereocenters. The maximum absolute atomic E-state index is 7.55. The van der Waals surface area contributed by atoms with Crippen LogP contribution < -0.4 is 5.73 Å². The fourth-order valence-corrected chi connectivity index (χ4v) is 3.12. The SMILES string of the molecule is Cc1cccc(C(=N)N)c1Sc1nccs1. The number of nitrogens with zero attached hydrogens (tertiary/aromatic N) is 1. The molecule has 82 valence electrons. The van der Waals surface area contributed by atoms with Gasteiger partial charge in [-0.1, -0.05) is 30.0 Å². The second-order valence-electron chi connectivity index (χ2n) is 3.27. The van der Waals surface area contributed by atoms with Crippen LogP contribution in [0.15, 0.2) is 39.0 Å². The topological polar surface area (TPSA) is 62.8 Å². The van der Waals surface area contributed by atoms with E-state index in [0.717, 1.165) is 20.4 Å². The Balaban J connectivity index is 2.42. The number of aryl methyl sites for hydroxylation is 1. The largest absolute Gasteiger partial charge is 0.384 e. The molecule has 0 saturated heterocycles. The molecule has 3 nitrogen and oxygen atoms in total. The van der Waals surface area contributed by atoms with Gasteiger partial charge in [-0.05, 0) is 12.5 Å². The maximum atomic E-state index is 7.55. The molecular weight excluding hydrogens is 238 g/mol. The highest BCUT2D eigenvalue weighted by Crippen LogP contribution is 2.33. The van der Waals surface area contributed by atoms with Crippen molar-refractivity contribution in [3.8, 4) is 0 Å². The van der Waals surface area contributed by atoms with Crippen LogP contribution in [-0.2, 0) is 0 Å². The average Bonchev–Trinajstić information content (AvgIpc) is 2.73. The molecule has 16 heavy (non-hydrogen) atoms. The van der Waals surface area contributed by atoms with Gasteiger partial charge in [-0.2, -0.15) is 0 Å². The number of benzene rings is 1. The van der Waals surface area contributed by atoms with Crippen molar-refractivity contribution in [2.75, 3.05) is 0 Å². The number of aromatic nitrogens is 1. The number of amidine groups is 1. The van der Waals surface area contributed by atoms with Crippen molar-refractivity contribution >= 4 is 28.9 Å². The summed E-state index contributed by atoms with van der Waals surface area (Å²) in [6, 6.07) is 5.80. The molecule has 0 amide bonds. The molecular formula is C11H11N3S2. The van der Waals surface area contributed by atoms with E-state index in [0.29, 0.717) is 0 Å². The number of hydrogen-bond donors (Lipinski definition) is 2. The van der Waals surface area contributed by atoms with Gasteiger partial charge in [0.15, 0.2) is 4.34 Å². The minimum atomic E-state index is 0.0998. The van der Waals surface area contributed by atoms with Crippen LogP contribution >= 0.6 is 23.1 Å². The van der Waals surface area contributed by atoms with Gasteiger partial charge in [-0.25, -0.2) is 4.98 Å². The summed E-state index contributed by atoms with van der Waals surface area (Å²) >= 11 is 3.15. The first-order valence-electron chi connectivity index (χ1n) is 4.70. The van der Waals surface area contributed by atoms with Crippen LogP contribution in [-0.4, -0.2) is 10.8 Å². The number of nitrogen functional groups attached to an aromatic ring is 1. The lowest BCUT2D eigenvalue weighted by atomic mass is 10.1. The molecule has 0 spiro atoms. The van der Waals surface area contributed by atoms with Crippen molar-refractivity contribution in [2.45, 2.75) is 16.2 Å². The first-order valence-corrected chi connectivity index (χ1v) is 6.39.